The minimum Gasteiger partial charge on any atom is -0.462 e. The van der Waals surface area contributed by atoms with E-state index in [4.69, 9.17) is 14.2 Å². The van der Waals surface area contributed by atoms with Gasteiger partial charge in [0.2, 0.25) is 0 Å². The fraction of sp³-hybridized carbons (Fsp3) is 0.947. The van der Waals surface area contributed by atoms with Gasteiger partial charge in [0.1, 0.15) is 13.2 Å². The molecule has 6 nitrogen and oxygen atoms in total. The highest BCUT2D eigenvalue weighted by atomic mass is 16.6. The van der Waals surface area contributed by atoms with E-state index in [9.17, 15) is 14.4 Å². The van der Waals surface area contributed by atoms with Crippen molar-refractivity contribution >= 4 is 17.9 Å². The van der Waals surface area contributed by atoms with E-state index in [0.29, 0.717) is 19.3 Å². The van der Waals surface area contributed by atoms with Crippen LogP contribution in [0.3, 0.4) is 0 Å². The summed E-state index contributed by atoms with van der Waals surface area (Å²) in [6.07, 6.45) is 55.3. The zero-order valence-electron chi connectivity index (χ0n) is 43.0. The first-order valence-electron chi connectivity index (χ1n) is 28.4. The van der Waals surface area contributed by atoms with E-state index < -0.39 is 6.10 Å². The van der Waals surface area contributed by atoms with E-state index in [2.05, 4.69) is 27.7 Å². The molecule has 0 aromatic heterocycles. The minimum absolute atomic E-state index is 0.0625. The van der Waals surface area contributed by atoms with Crippen molar-refractivity contribution in [1.29, 1.82) is 0 Å². The van der Waals surface area contributed by atoms with Crippen LogP contribution >= 0.6 is 0 Å². The van der Waals surface area contributed by atoms with E-state index >= 15 is 0 Å². The Kier molecular flexibility index (Phi) is 50.1. The van der Waals surface area contributed by atoms with Crippen LogP contribution in [0, 0.1) is 5.92 Å². The van der Waals surface area contributed by atoms with E-state index in [1.54, 1.807) is 0 Å². The van der Waals surface area contributed by atoms with Crippen LogP contribution in [0.4, 0.5) is 0 Å². The quantitative estimate of drug-likeness (QED) is 0.0344. The monoisotopic (exact) mass is 891 g/mol. The van der Waals surface area contributed by atoms with Gasteiger partial charge in [-0.25, -0.2) is 0 Å². The summed E-state index contributed by atoms with van der Waals surface area (Å²) in [6.45, 7) is 9.02. The van der Waals surface area contributed by atoms with Crippen LogP contribution in [0.15, 0.2) is 0 Å². The summed E-state index contributed by atoms with van der Waals surface area (Å²) >= 11 is 0. The lowest BCUT2D eigenvalue weighted by Gasteiger charge is -2.18. The molecule has 6 heteroatoms. The zero-order chi connectivity index (χ0) is 45.9. The second kappa shape index (κ2) is 51.4. The number of hydrogen-bond acceptors (Lipinski definition) is 6. The largest absolute Gasteiger partial charge is 0.462 e. The molecule has 0 aromatic carbocycles. The van der Waals surface area contributed by atoms with Crippen molar-refractivity contribution in [3.05, 3.63) is 0 Å². The Hall–Kier alpha value is -1.59. The lowest BCUT2D eigenvalue weighted by atomic mass is 10.0. The average Bonchev–Trinajstić information content (AvgIpc) is 3.27. The van der Waals surface area contributed by atoms with Crippen LogP contribution in [0.5, 0.6) is 0 Å². The molecule has 0 aromatic rings. The highest BCUT2D eigenvalue weighted by Crippen LogP contribution is 2.18. The van der Waals surface area contributed by atoms with Gasteiger partial charge >= 0.3 is 17.9 Å². The molecule has 0 rings (SSSR count). The van der Waals surface area contributed by atoms with Gasteiger partial charge in [-0.05, 0) is 25.2 Å². The number of hydrogen-bond donors (Lipinski definition) is 0. The molecular formula is C57H110O6. The summed E-state index contributed by atoms with van der Waals surface area (Å²) in [6, 6.07) is 0. The summed E-state index contributed by atoms with van der Waals surface area (Å²) in [5, 5.41) is 0. The van der Waals surface area contributed by atoms with Crippen molar-refractivity contribution in [2.75, 3.05) is 13.2 Å². The molecule has 1 atom stereocenters. The predicted octanol–water partition coefficient (Wildman–Crippen LogP) is 18.6. The molecule has 0 N–H and O–H groups in total. The summed E-state index contributed by atoms with van der Waals surface area (Å²) in [5.74, 6) is -0.0431. The zero-order valence-corrected chi connectivity index (χ0v) is 43.0. The topological polar surface area (TPSA) is 78.9 Å². The highest BCUT2D eigenvalue weighted by molar-refractivity contribution is 5.71. The lowest BCUT2D eigenvalue weighted by molar-refractivity contribution is -0.167. The number of unbranched alkanes of at least 4 members (excludes halogenated alkanes) is 39. The molecular weight excluding hydrogens is 781 g/mol. The Morgan fingerprint density at radius 3 is 0.778 bits per heavy atom. The van der Waals surface area contributed by atoms with E-state index in [0.717, 1.165) is 63.7 Å². The normalized spacial score (nSPS) is 12.0. The van der Waals surface area contributed by atoms with Crippen LogP contribution in [0.2, 0.25) is 0 Å². The number of rotatable bonds is 52. The minimum atomic E-state index is -0.762. The standard InChI is InChI=1S/C57H110O6/c1-5-7-9-11-13-15-17-19-21-23-25-27-29-31-36-40-44-48-55(58)61-51-54(52-62-56(59)49-45-41-37-34-33-35-39-43-47-53(3)4)63-57(60)50-46-42-38-32-30-28-26-24-22-20-18-16-14-12-10-8-6-2/h53-54H,5-52H2,1-4H3/t54-/m1/s1. The molecule has 0 aliphatic carbocycles. The highest BCUT2D eigenvalue weighted by Gasteiger charge is 2.19. The van der Waals surface area contributed by atoms with E-state index in [1.807, 2.05) is 0 Å². The fourth-order valence-corrected chi connectivity index (χ4v) is 8.75. The average molecular weight is 892 g/mol. The fourth-order valence-electron chi connectivity index (χ4n) is 8.75. The molecule has 0 aliphatic rings. The first-order chi connectivity index (χ1) is 30.9. The van der Waals surface area contributed by atoms with Crippen molar-refractivity contribution in [3.63, 3.8) is 0 Å². The molecule has 374 valence electrons. The van der Waals surface area contributed by atoms with Gasteiger partial charge in [0.15, 0.2) is 6.10 Å². The van der Waals surface area contributed by atoms with Crippen molar-refractivity contribution in [1.82, 2.24) is 0 Å². The van der Waals surface area contributed by atoms with Gasteiger partial charge in [0.05, 0.1) is 0 Å². The first-order valence-corrected chi connectivity index (χ1v) is 28.4. The molecule has 0 spiro atoms. The van der Waals surface area contributed by atoms with E-state index in [-0.39, 0.29) is 31.1 Å². The van der Waals surface area contributed by atoms with Gasteiger partial charge < -0.3 is 14.2 Å². The van der Waals surface area contributed by atoms with Crippen LogP contribution in [0.25, 0.3) is 0 Å². The maximum atomic E-state index is 12.8. The molecule has 0 amide bonds. The van der Waals surface area contributed by atoms with Crippen LogP contribution < -0.4 is 0 Å². The van der Waals surface area contributed by atoms with Crippen LogP contribution in [0.1, 0.15) is 323 Å². The molecule has 0 aliphatic heterocycles. The van der Waals surface area contributed by atoms with Gasteiger partial charge in [-0.3, -0.25) is 14.4 Å². The third-order valence-electron chi connectivity index (χ3n) is 13.0. The van der Waals surface area contributed by atoms with Gasteiger partial charge in [0.25, 0.3) is 0 Å². The van der Waals surface area contributed by atoms with E-state index in [1.165, 1.54) is 218 Å². The molecule has 0 fully saturated rings. The maximum Gasteiger partial charge on any atom is 0.306 e. The smallest absolute Gasteiger partial charge is 0.306 e. The molecule has 0 saturated heterocycles. The predicted molar refractivity (Wildman–Crippen MR) is 270 cm³/mol. The number of carbonyl (C=O) groups is 3. The van der Waals surface area contributed by atoms with Crippen molar-refractivity contribution in [2.24, 2.45) is 5.92 Å². The van der Waals surface area contributed by atoms with Crippen molar-refractivity contribution in [2.45, 2.75) is 329 Å². The second-order valence-corrected chi connectivity index (χ2v) is 20.1. The summed E-state index contributed by atoms with van der Waals surface area (Å²) in [7, 11) is 0. The third kappa shape index (κ3) is 51.3. The molecule has 0 saturated carbocycles. The third-order valence-corrected chi connectivity index (χ3v) is 13.0. The van der Waals surface area contributed by atoms with Gasteiger partial charge in [0, 0.05) is 19.3 Å². The number of ether oxygens (including phenoxy) is 3. The summed E-state index contributed by atoms with van der Waals surface area (Å²) in [4.78, 5) is 38.1. The maximum absolute atomic E-state index is 12.8. The van der Waals surface area contributed by atoms with Crippen molar-refractivity contribution < 1.29 is 28.6 Å². The Balaban J connectivity index is 4.27. The summed E-state index contributed by atoms with van der Waals surface area (Å²) in [5.41, 5.74) is 0. The molecule has 0 bridgehead atoms. The Bertz CT molecular complexity index is 949. The Morgan fingerprint density at radius 2 is 0.524 bits per heavy atom. The molecule has 0 heterocycles. The summed E-state index contributed by atoms with van der Waals surface area (Å²) < 4.78 is 16.9. The molecule has 0 unspecified atom stereocenters. The lowest BCUT2D eigenvalue weighted by Crippen LogP contribution is -2.30. The van der Waals surface area contributed by atoms with Crippen molar-refractivity contribution in [3.8, 4) is 0 Å². The SMILES string of the molecule is CCCCCCCCCCCCCCCCCCCC(=O)OC[C@H](COC(=O)CCCCCCCCCCC(C)C)OC(=O)CCCCCCCCCCCCCCCCCCC. The van der Waals surface area contributed by atoms with Crippen LogP contribution in [-0.4, -0.2) is 37.2 Å². The second-order valence-electron chi connectivity index (χ2n) is 20.1. The Labute approximate surface area is 393 Å². The van der Waals surface area contributed by atoms with Gasteiger partial charge in [-0.1, -0.05) is 285 Å². The number of esters is 3. The van der Waals surface area contributed by atoms with Crippen LogP contribution in [-0.2, 0) is 28.6 Å². The van der Waals surface area contributed by atoms with Gasteiger partial charge in [-0.15, -0.1) is 0 Å². The molecule has 0 radical (unpaired) electrons. The number of carbonyl (C=O) groups excluding carboxylic acids is 3. The Morgan fingerprint density at radius 1 is 0.302 bits per heavy atom. The molecule has 63 heavy (non-hydrogen) atoms. The van der Waals surface area contributed by atoms with Gasteiger partial charge in [-0.2, -0.15) is 0 Å². The first kappa shape index (κ1) is 61.4.